The molecule has 3 rings (SSSR count). The molecule has 3 N–H and O–H groups in total. The summed E-state index contributed by atoms with van der Waals surface area (Å²) in [4.78, 5) is 13.9. The molecule has 0 aliphatic heterocycles. The van der Waals surface area contributed by atoms with Crippen LogP contribution in [-0.4, -0.2) is 5.91 Å². The van der Waals surface area contributed by atoms with E-state index in [1.54, 1.807) is 17.6 Å². The molecule has 0 aromatic carbocycles. The van der Waals surface area contributed by atoms with Gasteiger partial charge in [-0.15, -0.1) is 11.3 Å². The van der Waals surface area contributed by atoms with E-state index in [2.05, 4.69) is 26.1 Å². The summed E-state index contributed by atoms with van der Waals surface area (Å²) in [7, 11) is 0. The standard InChI is InChI=1S/C19H26N2O2S/c1-4-19(2,3)12-7-8-14-15(10-12)24-17(20)16(14)18(22)21-11-13-6-5-9-23-13/h5-6,9,12H,4,7-8,10-11,20H2,1-3H3,(H,21,22)/t12-/m1/s1. The van der Waals surface area contributed by atoms with Crippen LogP contribution in [0, 0.1) is 11.3 Å². The number of hydrogen-bond donors (Lipinski definition) is 2. The maximum atomic E-state index is 12.6. The van der Waals surface area contributed by atoms with E-state index in [1.165, 1.54) is 11.3 Å². The van der Waals surface area contributed by atoms with Gasteiger partial charge in [-0.1, -0.05) is 27.2 Å². The lowest BCUT2D eigenvalue weighted by atomic mass is 9.69. The van der Waals surface area contributed by atoms with Crippen molar-refractivity contribution in [1.82, 2.24) is 5.32 Å². The minimum Gasteiger partial charge on any atom is -0.467 e. The highest BCUT2D eigenvalue weighted by molar-refractivity contribution is 7.16. The zero-order valence-corrected chi connectivity index (χ0v) is 15.5. The molecule has 24 heavy (non-hydrogen) atoms. The third kappa shape index (κ3) is 3.22. The first-order valence-corrected chi connectivity index (χ1v) is 9.44. The van der Waals surface area contributed by atoms with Crippen LogP contribution in [0.4, 0.5) is 5.00 Å². The highest BCUT2D eigenvalue weighted by atomic mass is 32.1. The molecule has 2 heterocycles. The van der Waals surface area contributed by atoms with Gasteiger partial charge in [0.25, 0.3) is 5.91 Å². The summed E-state index contributed by atoms with van der Waals surface area (Å²) < 4.78 is 5.26. The van der Waals surface area contributed by atoms with E-state index < -0.39 is 0 Å². The number of nitrogens with one attached hydrogen (secondary N) is 1. The van der Waals surface area contributed by atoms with Crippen LogP contribution in [0.3, 0.4) is 0 Å². The summed E-state index contributed by atoms with van der Waals surface area (Å²) in [6, 6.07) is 3.67. The zero-order chi connectivity index (χ0) is 17.3. The number of fused-ring (bicyclic) bond motifs is 1. The molecule has 0 saturated heterocycles. The van der Waals surface area contributed by atoms with E-state index in [1.807, 2.05) is 12.1 Å². The molecule has 1 atom stereocenters. The summed E-state index contributed by atoms with van der Waals surface area (Å²) in [5.41, 5.74) is 8.38. The number of nitrogens with two attached hydrogens (primary N) is 1. The summed E-state index contributed by atoms with van der Waals surface area (Å²) >= 11 is 1.59. The van der Waals surface area contributed by atoms with Crippen molar-refractivity contribution < 1.29 is 9.21 Å². The molecule has 0 radical (unpaired) electrons. The Hall–Kier alpha value is -1.75. The Kier molecular flexibility index (Phi) is 4.72. The number of hydrogen-bond acceptors (Lipinski definition) is 4. The molecule has 0 bridgehead atoms. The third-order valence-corrected chi connectivity index (χ3v) is 6.62. The monoisotopic (exact) mass is 346 g/mol. The molecule has 1 aliphatic rings. The Labute approximate surface area is 147 Å². The van der Waals surface area contributed by atoms with Crippen molar-refractivity contribution in [3.63, 3.8) is 0 Å². The number of amides is 1. The second kappa shape index (κ2) is 6.63. The predicted octanol–water partition coefficient (Wildman–Crippen LogP) is 4.39. The molecule has 0 spiro atoms. The first kappa shape index (κ1) is 17.1. The molecule has 4 nitrogen and oxygen atoms in total. The Balaban J connectivity index is 1.76. The average Bonchev–Trinajstić information content (AvgIpc) is 3.18. The van der Waals surface area contributed by atoms with Crippen LogP contribution in [0.1, 0.15) is 60.2 Å². The zero-order valence-electron chi connectivity index (χ0n) is 14.6. The minimum absolute atomic E-state index is 0.0883. The van der Waals surface area contributed by atoms with Crippen molar-refractivity contribution in [2.24, 2.45) is 11.3 Å². The molecule has 0 fully saturated rings. The fraction of sp³-hybridized carbons (Fsp3) is 0.526. The molecule has 1 aliphatic carbocycles. The highest BCUT2D eigenvalue weighted by Crippen LogP contribution is 2.44. The van der Waals surface area contributed by atoms with Gasteiger partial charge in [-0.05, 0) is 48.3 Å². The predicted molar refractivity (Wildman–Crippen MR) is 98.2 cm³/mol. The van der Waals surface area contributed by atoms with Crippen LogP contribution in [0.2, 0.25) is 0 Å². The molecule has 2 aromatic rings. The van der Waals surface area contributed by atoms with Gasteiger partial charge in [0.05, 0.1) is 23.4 Å². The molecular formula is C19H26N2O2S. The smallest absolute Gasteiger partial charge is 0.254 e. The van der Waals surface area contributed by atoms with Gasteiger partial charge in [0, 0.05) is 4.88 Å². The number of furan rings is 1. The summed E-state index contributed by atoms with van der Waals surface area (Å²) in [6.07, 6.45) is 5.89. The maximum absolute atomic E-state index is 12.6. The topological polar surface area (TPSA) is 68.3 Å². The Morgan fingerprint density at radius 2 is 2.29 bits per heavy atom. The number of thiophene rings is 1. The maximum Gasteiger partial charge on any atom is 0.254 e. The van der Waals surface area contributed by atoms with Crippen LogP contribution in [0.5, 0.6) is 0 Å². The number of anilines is 1. The molecule has 5 heteroatoms. The van der Waals surface area contributed by atoms with Crippen LogP contribution < -0.4 is 11.1 Å². The lowest BCUT2D eigenvalue weighted by Gasteiger charge is -2.36. The fourth-order valence-corrected chi connectivity index (χ4v) is 4.68. The van der Waals surface area contributed by atoms with Gasteiger partial charge in [0.1, 0.15) is 5.76 Å². The van der Waals surface area contributed by atoms with Gasteiger partial charge in [-0.3, -0.25) is 4.79 Å². The lowest BCUT2D eigenvalue weighted by molar-refractivity contribution is 0.0947. The van der Waals surface area contributed by atoms with E-state index in [0.717, 1.165) is 30.6 Å². The SMILES string of the molecule is CCC(C)(C)[C@@H]1CCc2c(sc(N)c2C(=O)NCc2ccco2)C1. The number of carbonyl (C=O) groups is 1. The van der Waals surface area contributed by atoms with Crippen LogP contribution in [0.15, 0.2) is 22.8 Å². The molecule has 1 amide bonds. The van der Waals surface area contributed by atoms with Crippen molar-refractivity contribution in [2.75, 3.05) is 5.73 Å². The van der Waals surface area contributed by atoms with E-state index in [-0.39, 0.29) is 5.91 Å². The average molecular weight is 346 g/mol. The van der Waals surface area contributed by atoms with Gasteiger partial charge in [-0.25, -0.2) is 0 Å². The van der Waals surface area contributed by atoms with Crippen molar-refractivity contribution in [2.45, 2.75) is 53.0 Å². The van der Waals surface area contributed by atoms with E-state index in [4.69, 9.17) is 10.2 Å². The van der Waals surface area contributed by atoms with Gasteiger partial charge in [0.15, 0.2) is 0 Å². The summed E-state index contributed by atoms with van der Waals surface area (Å²) in [5.74, 6) is 1.32. The second-order valence-electron chi connectivity index (χ2n) is 7.29. The van der Waals surface area contributed by atoms with Crippen LogP contribution in [-0.2, 0) is 19.4 Å². The van der Waals surface area contributed by atoms with Crippen LogP contribution >= 0.6 is 11.3 Å². The fourth-order valence-electron chi connectivity index (χ4n) is 3.48. The minimum atomic E-state index is -0.0883. The van der Waals surface area contributed by atoms with Gasteiger partial charge < -0.3 is 15.5 Å². The Morgan fingerprint density at radius 1 is 1.50 bits per heavy atom. The third-order valence-electron chi connectivity index (χ3n) is 5.54. The highest BCUT2D eigenvalue weighted by Gasteiger charge is 2.34. The van der Waals surface area contributed by atoms with Crippen molar-refractivity contribution in [3.05, 3.63) is 40.2 Å². The van der Waals surface area contributed by atoms with Gasteiger partial charge >= 0.3 is 0 Å². The second-order valence-corrected chi connectivity index (χ2v) is 8.42. The molecule has 130 valence electrons. The number of nitrogen functional groups attached to an aromatic ring is 1. The first-order valence-electron chi connectivity index (χ1n) is 8.63. The van der Waals surface area contributed by atoms with Crippen molar-refractivity contribution in [1.29, 1.82) is 0 Å². The molecule has 2 aromatic heterocycles. The molecule has 0 unspecified atom stereocenters. The quantitative estimate of drug-likeness (QED) is 0.843. The van der Waals surface area contributed by atoms with Crippen molar-refractivity contribution in [3.8, 4) is 0 Å². The van der Waals surface area contributed by atoms with Crippen LogP contribution in [0.25, 0.3) is 0 Å². The molecular weight excluding hydrogens is 320 g/mol. The number of rotatable bonds is 5. The largest absolute Gasteiger partial charge is 0.467 e. The Morgan fingerprint density at radius 3 is 2.96 bits per heavy atom. The van der Waals surface area contributed by atoms with Gasteiger partial charge in [0.2, 0.25) is 0 Å². The summed E-state index contributed by atoms with van der Waals surface area (Å²) in [6.45, 7) is 7.33. The molecule has 0 saturated carbocycles. The van der Waals surface area contributed by atoms with Gasteiger partial charge in [-0.2, -0.15) is 0 Å². The summed E-state index contributed by atoms with van der Waals surface area (Å²) in [5, 5.41) is 3.57. The van der Waals surface area contributed by atoms with Crippen molar-refractivity contribution >= 4 is 22.2 Å². The number of carbonyl (C=O) groups excluding carboxylic acids is 1. The van der Waals surface area contributed by atoms with E-state index in [0.29, 0.717) is 28.4 Å². The van der Waals surface area contributed by atoms with E-state index in [9.17, 15) is 4.79 Å². The normalized spacial score (nSPS) is 17.5. The lowest BCUT2D eigenvalue weighted by Crippen LogP contribution is -2.29. The first-order chi connectivity index (χ1) is 11.4. The Bertz CT molecular complexity index is 716. The van der Waals surface area contributed by atoms with E-state index >= 15 is 0 Å².